The first kappa shape index (κ1) is 28.1. The molecule has 7 nitrogen and oxygen atoms in total. The predicted molar refractivity (Wildman–Crippen MR) is 128 cm³/mol. The average Bonchev–Trinajstić information content (AvgIpc) is 3.30. The molecule has 1 saturated carbocycles. The third kappa shape index (κ3) is 7.58. The summed E-state index contributed by atoms with van der Waals surface area (Å²) >= 11 is 0. The molecule has 0 spiro atoms. The number of aromatic amines is 1. The van der Waals surface area contributed by atoms with Crippen LogP contribution in [-0.4, -0.2) is 33.0 Å². The second-order valence-electron chi connectivity index (χ2n) is 9.42. The number of rotatable bonds is 9. The summed E-state index contributed by atoms with van der Waals surface area (Å²) < 4.78 is 78.6. The van der Waals surface area contributed by atoms with Crippen molar-refractivity contribution in [3.8, 4) is 0 Å². The number of H-pyrrole nitrogens is 1. The van der Waals surface area contributed by atoms with Crippen LogP contribution < -0.4 is 10.6 Å². The number of carbonyl (C=O) groups excluding carboxylic acids is 2. The molecule has 1 aromatic carbocycles. The fourth-order valence-electron chi connectivity index (χ4n) is 4.41. The van der Waals surface area contributed by atoms with E-state index in [2.05, 4.69) is 25.8 Å². The van der Waals surface area contributed by atoms with Crippen LogP contribution in [0, 0.1) is 0 Å². The Morgan fingerprint density at radius 1 is 0.949 bits per heavy atom. The van der Waals surface area contributed by atoms with Crippen molar-refractivity contribution in [3.05, 3.63) is 76.7 Å². The van der Waals surface area contributed by atoms with Crippen LogP contribution in [0.25, 0.3) is 0 Å². The molecule has 39 heavy (non-hydrogen) atoms. The van der Waals surface area contributed by atoms with Crippen LogP contribution in [0.4, 0.5) is 32.2 Å². The maximum absolute atomic E-state index is 13.2. The summed E-state index contributed by atoms with van der Waals surface area (Å²) in [5.41, 5.74) is -1.33. The van der Waals surface area contributed by atoms with Crippen LogP contribution in [0.5, 0.6) is 0 Å². The van der Waals surface area contributed by atoms with Crippen molar-refractivity contribution >= 4 is 17.6 Å². The molecule has 2 amide bonds. The van der Waals surface area contributed by atoms with Gasteiger partial charge in [-0.25, -0.2) is 0 Å². The fourth-order valence-corrected chi connectivity index (χ4v) is 4.41. The van der Waals surface area contributed by atoms with Gasteiger partial charge in [0.2, 0.25) is 11.8 Å². The monoisotopic (exact) mass is 553 g/mol. The molecular formula is C26H25F6N5O2. The van der Waals surface area contributed by atoms with E-state index < -0.39 is 41.4 Å². The number of nitrogens with zero attached hydrogens (tertiary/aromatic N) is 2. The smallest absolute Gasteiger partial charge is 0.353 e. The van der Waals surface area contributed by atoms with Gasteiger partial charge in [-0.1, -0.05) is 6.07 Å². The highest BCUT2D eigenvalue weighted by molar-refractivity contribution is 5.89. The van der Waals surface area contributed by atoms with Gasteiger partial charge in [-0.15, -0.1) is 0 Å². The van der Waals surface area contributed by atoms with Crippen LogP contribution in [0.1, 0.15) is 59.5 Å². The lowest BCUT2D eigenvalue weighted by Gasteiger charge is -2.34. The Bertz CT molecular complexity index is 1300. The van der Waals surface area contributed by atoms with Crippen molar-refractivity contribution in [2.45, 2.75) is 62.8 Å². The van der Waals surface area contributed by atoms with E-state index in [4.69, 9.17) is 0 Å². The molecule has 1 aliphatic carbocycles. The van der Waals surface area contributed by atoms with Gasteiger partial charge >= 0.3 is 12.4 Å². The van der Waals surface area contributed by atoms with Crippen LogP contribution in [0.3, 0.4) is 0 Å². The first-order valence-electron chi connectivity index (χ1n) is 12.2. The standard InChI is InChI=1S/C26H25F6N5O2/c27-25(28,29)18-5-6-20(26(30,31)32)16(10-18)4-8-23(38)34-19-11-17(12-19)21-13-22(37-36-21)35-24(39)7-3-15-2-1-9-33-14-15/h1-2,5-6,9-10,13-14,17,19H,3-4,7-8,11-12H2,(H,34,38)(H2,35,36,37,39)/t17-,19+. The molecule has 1 fully saturated rings. The normalized spacial score (nSPS) is 17.4. The van der Waals surface area contributed by atoms with Gasteiger partial charge in [-0.05, 0) is 61.1 Å². The van der Waals surface area contributed by atoms with Crippen molar-refractivity contribution < 1.29 is 35.9 Å². The molecule has 0 unspecified atom stereocenters. The molecule has 13 heteroatoms. The topological polar surface area (TPSA) is 99.8 Å². The minimum absolute atomic E-state index is 0.00731. The number of benzene rings is 1. The zero-order chi connectivity index (χ0) is 28.2. The summed E-state index contributed by atoms with van der Waals surface area (Å²) in [7, 11) is 0. The van der Waals surface area contributed by atoms with Crippen LogP contribution in [0.15, 0.2) is 48.8 Å². The Hall–Kier alpha value is -3.90. The van der Waals surface area contributed by atoms with Crippen molar-refractivity contribution in [2.24, 2.45) is 0 Å². The molecule has 1 aliphatic rings. The Balaban J connectivity index is 1.23. The van der Waals surface area contributed by atoms with E-state index in [-0.39, 0.29) is 30.7 Å². The summed E-state index contributed by atoms with van der Waals surface area (Å²) in [5, 5.41) is 12.4. The minimum Gasteiger partial charge on any atom is -0.353 e. The molecule has 0 bridgehead atoms. The highest BCUT2D eigenvalue weighted by Crippen LogP contribution is 2.38. The highest BCUT2D eigenvalue weighted by Gasteiger charge is 2.37. The number of nitrogens with one attached hydrogen (secondary N) is 3. The Morgan fingerprint density at radius 3 is 2.36 bits per heavy atom. The molecule has 2 heterocycles. The summed E-state index contributed by atoms with van der Waals surface area (Å²) in [6.45, 7) is 0. The first-order chi connectivity index (χ1) is 18.4. The van der Waals surface area contributed by atoms with Crippen LogP contribution in [0.2, 0.25) is 0 Å². The third-order valence-electron chi connectivity index (χ3n) is 6.52. The van der Waals surface area contributed by atoms with Gasteiger partial charge in [0.1, 0.15) is 5.82 Å². The summed E-state index contributed by atoms with van der Waals surface area (Å²) in [6.07, 6.45) is -5.29. The quantitative estimate of drug-likeness (QED) is 0.309. The minimum atomic E-state index is -4.83. The van der Waals surface area contributed by atoms with Gasteiger partial charge in [0, 0.05) is 43.3 Å². The molecule has 3 aromatic rings. The van der Waals surface area contributed by atoms with Crippen LogP contribution in [-0.2, 0) is 34.8 Å². The van der Waals surface area contributed by atoms with E-state index in [1.807, 2.05) is 6.07 Å². The molecule has 208 valence electrons. The van der Waals surface area contributed by atoms with E-state index in [1.165, 1.54) is 0 Å². The van der Waals surface area contributed by atoms with E-state index >= 15 is 0 Å². The summed E-state index contributed by atoms with van der Waals surface area (Å²) in [6, 6.07) is 6.37. The van der Waals surface area contributed by atoms with E-state index in [1.54, 1.807) is 24.5 Å². The number of anilines is 1. The lowest BCUT2D eigenvalue weighted by atomic mass is 9.78. The lowest BCUT2D eigenvalue weighted by Crippen LogP contribution is -2.43. The molecule has 2 aromatic heterocycles. The van der Waals surface area contributed by atoms with Gasteiger partial charge in [-0.2, -0.15) is 31.4 Å². The van der Waals surface area contributed by atoms with E-state index in [9.17, 15) is 35.9 Å². The third-order valence-corrected chi connectivity index (χ3v) is 6.52. The van der Waals surface area contributed by atoms with Gasteiger partial charge in [-0.3, -0.25) is 19.7 Å². The van der Waals surface area contributed by atoms with Crippen molar-refractivity contribution in [1.29, 1.82) is 0 Å². The number of halogens is 6. The SMILES string of the molecule is O=C(CCc1cccnc1)Nc1cc([C@H]2C[C@@H](NC(=O)CCc3cc(C(F)(F)F)ccc3C(F)(F)F)C2)n[nH]1. The Labute approximate surface area is 219 Å². The second-order valence-corrected chi connectivity index (χ2v) is 9.42. The molecule has 4 rings (SSSR count). The fraction of sp³-hybridized carbons (Fsp3) is 0.385. The van der Waals surface area contributed by atoms with Crippen molar-refractivity contribution in [2.75, 3.05) is 5.32 Å². The Kier molecular flexibility index (Phi) is 8.26. The lowest BCUT2D eigenvalue weighted by molar-refractivity contribution is -0.141. The van der Waals surface area contributed by atoms with Gasteiger partial charge in [0.15, 0.2) is 0 Å². The molecule has 0 radical (unpaired) electrons. The molecular weight excluding hydrogens is 528 g/mol. The summed E-state index contributed by atoms with van der Waals surface area (Å²) in [4.78, 5) is 28.5. The number of hydrogen-bond acceptors (Lipinski definition) is 4. The molecule has 0 aliphatic heterocycles. The van der Waals surface area contributed by atoms with Crippen molar-refractivity contribution in [3.63, 3.8) is 0 Å². The first-order valence-corrected chi connectivity index (χ1v) is 12.2. The average molecular weight is 554 g/mol. The molecule has 3 N–H and O–H groups in total. The van der Waals surface area contributed by atoms with Gasteiger partial charge < -0.3 is 10.6 Å². The highest BCUT2D eigenvalue weighted by atomic mass is 19.4. The number of amides is 2. The zero-order valence-electron chi connectivity index (χ0n) is 20.5. The number of alkyl halides is 6. The zero-order valence-corrected chi connectivity index (χ0v) is 20.5. The number of hydrogen-bond donors (Lipinski definition) is 3. The van der Waals surface area contributed by atoms with E-state index in [0.29, 0.717) is 49.0 Å². The number of aryl methyl sites for hydroxylation is 2. The van der Waals surface area contributed by atoms with Gasteiger partial charge in [0.05, 0.1) is 16.8 Å². The number of aromatic nitrogens is 3. The summed E-state index contributed by atoms with van der Waals surface area (Å²) in [5.74, 6) is -0.294. The van der Waals surface area contributed by atoms with Crippen LogP contribution >= 0.6 is 0 Å². The van der Waals surface area contributed by atoms with E-state index in [0.717, 1.165) is 5.56 Å². The number of pyridine rings is 1. The molecule has 0 saturated heterocycles. The predicted octanol–water partition coefficient (Wildman–Crippen LogP) is 5.41. The maximum atomic E-state index is 13.2. The largest absolute Gasteiger partial charge is 0.416 e. The van der Waals surface area contributed by atoms with Gasteiger partial charge in [0.25, 0.3) is 0 Å². The molecule has 0 atom stereocenters. The van der Waals surface area contributed by atoms with Crippen molar-refractivity contribution in [1.82, 2.24) is 20.5 Å². The number of carbonyl (C=O) groups is 2. The Morgan fingerprint density at radius 2 is 1.69 bits per heavy atom. The maximum Gasteiger partial charge on any atom is 0.416 e. The second kappa shape index (κ2) is 11.5.